The lowest BCUT2D eigenvalue weighted by Crippen LogP contribution is -1.80. The molecule has 0 radical (unpaired) electrons. The first-order valence-corrected chi connectivity index (χ1v) is 7.73. The highest BCUT2D eigenvalue weighted by Crippen LogP contribution is 2.08. The van der Waals surface area contributed by atoms with Crippen molar-refractivity contribution in [3.8, 4) is 11.8 Å². The molecule has 92 valence electrons. The second-order valence-electron chi connectivity index (χ2n) is 4.05. The van der Waals surface area contributed by atoms with Gasteiger partial charge in [-0.15, -0.1) is 0 Å². The molecule has 0 bridgehead atoms. The minimum atomic E-state index is 1.06. The van der Waals surface area contributed by atoms with Crippen LogP contribution in [-0.4, -0.2) is 5.33 Å². The summed E-state index contributed by atoms with van der Waals surface area (Å²) < 4.78 is 0. The van der Waals surface area contributed by atoms with Gasteiger partial charge in [0, 0.05) is 11.8 Å². The van der Waals surface area contributed by atoms with E-state index < -0.39 is 0 Å². The summed E-state index contributed by atoms with van der Waals surface area (Å²) in [6.45, 7) is 2.13. The number of alkyl halides is 1. The van der Waals surface area contributed by atoms with Crippen molar-refractivity contribution >= 4 is 15.9 Å². The Morgan fingerprint density at radius 3 is 2.19 bits per heavy atom. The van der Waals surface area contributed by atoms with E-state index in [1.54, 1.807) is 0 Å². The van der Waals surface area contributed by atoms with Gasteiger partial charge in [0.05, 0.1) is 0 Å². The van der Waals surface area contributed by atoms with Gasteiger partial charge in [-0.05, 0) is 25.3 Å². The molecule has 0 amide bonds. The Kier molecular flexibility index (Phi) is 14.6. The molecule has 0 saturated carbocycles. The first-order chi connectivity index (χ1) is 7.91. The van der Waals surface area contributed by atoms with Crippen molar-refractivity contribution in [2.24, 2.45) is 0 Å². The summed E-state index contributed by atoms with van der Waals surface area (Å²) in [5, 5.41) is 1.16. The van der Waals surface area contributed by atoms with Gasteiger partial charge in [0.15, 0.2) is 0 Å². The van der Waals surface area contributed by atoms with E-state index in [4.69, 9.17) is 0 Å². The summed E-state index contributed by atoms with van der Waals surface area (Å²) in [6.07, 6.45) is 15.7. The predicted octanol–water partition coefficient (Wildman–Crippen LogP) is 5.47. The molecule has 0 aromatic heterocycles. The zero-order valence-corrected chi connectivity index (χ0v) is 12.2. The molecule has 0 heterocycles. The Labute approximate surface area is 110 Å². The molecule has 0 saturated heterocycles. The molecule has 0 aromatic carbocycles. The molecule has 0 N–H and O–H groups in total. The van der Waals surface area contributed by atoms with Crippen LogP contribution >= 0.6 is 15.9 Å². The fourth-order valence-corrected chi connectivity index (χ4v) is 1.90. The minimum Gasteiger partial charge on any atom is -0.0985 e. The molecule has 0 fully saturated rings. The van der Waals surface area contributed by atoms with Crippen LogP contribution in [0.15, 0.2) is 12.2 Å². The third kappa shape index (κ3) is 13.8. The van der Waals surface area contributed by atoms with Crippen LogP contribution in [-0.2, 0) is 0 Å². The van der Waals surface area contributed by atoms with Crippen molar-refractivity contribution in [1.29, 1.82) is 0 Å². The van der Waals surface area contributed by atoms with Crippen LogP contribution in [0.25, 0.3) is 0 Å². The minimum absolute atomic E-state index is 1.06. The van der Waals surface area contributed by atoms with Crippen molar-refractivity contribution in [1.82, 2.24) is 0 Å². The average Bonchev–Trinajstić information content (AvgIpc) is 2.31. The Balaban J connectivity index is 3.08. The standard InChI is InChI=1S/C15H25Br/c1-2-3-4-5-6-7-8-9-10-11-12-13-14-15-16/h3-4H,2,7-15H2,1H3. The van der Waals surface area contributed by atoms with Crippen LogP contribution in [0.5, 0.6) is 0 Å². The van der Waals surface area contributed by atoms with E-state index in [-0.39, 0.29) is 0 Å². The number of rotatable bonds is 9. The normalized spacial score (nSPS) is 10.4. The van der Waals surface area contributed by atoms with Gasteiger partial charge in [-0.25, -0.2) is 0 Å². The van der Waals surface area contributed by atoms with Crippen LogP contribution in [0.3, 0.4) is 0 Å². The molecule has 0 unspecified atom stereocenters. The molecule has 0 aliphatic rings. The molecular weight excluding hydrogens is 260 g/mol. The maximum absolute atomic E-state index is 3.46. The van der Waals surface area contributed by atoms with E-state index in [0.29, 0.717) is 0 Å². The van der Waals surface area contributed by atoms with Crippen molar-refractivity contribution in [3.63, 3.8) is 0 Å². The van der Waals surface area contributed by atoms with Gasteiger partial charge in [-0.1, -0.05) is 72.9 Å². The van der Waals surface area contributed by atoms with Gasteiger partial charge in [0.25, 0.3) is 0 Å². The molecule has 1 heteroatoms. The molecule has 16 heavy (non-hydrogen) atoms. The molecule has 0 spiro atoms. The quantitative estimate of drug-likeness (QED) is 0.299. The monoisotopic (exact) mass is 284 g/mol. The second-order valence-corrected chi connectivity index (χ2v) is 4.84. The zero-order valence-electron chi connectivity index (χ0n) is 10.6. The summed E-state index contributed by atoms with van der Waals surface area (Å²) in [7, 11) is 0. The fourth-order valence-electron chi connectivity index (χ4n) is 1.50. The van der Waals surface area contributed by atoms with Crippen LogP contribution in [0.1, 0.15) is 64.7 Å². The number of hydrogen-bond donors (Lipinski definition) is 0. The van der Waals surface area contributed by atoms with E-state index >= 15 is 0 Å². The highest BCUT2D eigenvalue weighted by Gasteiger charge is 1.90. The van der Waals surface area contributed by atoms with Gasteiger partial charge in [0.2, 0.25) is 0 Å². The van der Waals surface area contributed by atoms with E-state index in [1.165, 1.54) is 44.9 Å². The molecule has 0 rings (SSSR count). The maximum atomic E-state index is 3.46. The summed E-state index contributed by atoms with van der Waals surface area (Å²) in [5.41, 5.74) is 0. The SMILES string of the molecule is CCC=CC#CCCCCCCCCCBr. The third-order valence-corrected chi connectivity index (χ3v) is 3.04. The Morgan fingerprint density at radius 2 is 1.56 bits per heavy atom. The average molecular weight is 285 g/mol. The smallest absolute Gasteiger partial charge is 0.00922 e. The highest BCUT2D eigenvalue weighted by molar-refractivity contribution is 9.09. The zero-order chi connectivity index (χ0) is 11.9. The van der Waals surface area contributed by atoms with Crippen LogP contribution in [0, 0.1) is 11.8 Å². The molecule has 0 atom stereocenters. The fraction of sp³-hybridized carbons (Fsp3) is 0.733. The molecular formula is C15H25Br. The van der Waals surface area contributed by atoms with Crippen LogP contribution < -0.4 is 0 Å². The predicted molar refractivity (Wildman–Crippen MR) is 77.9 cm³/mol. The van der Waals surface area contributed by atoms with Crippen molar-refractivity contribution < 1.29 is 0 Å². The van der Waals surface area contributed by atoms with E-state index in [1.807, 2.05) is 6.08 Å². The van der Waals surface area contributed by atoms with Gasteiger partial charge in [-0.2, -0.15) is 0 Å². The summed E-state index contributed by atoms with van der Waals surface area (Å²) in [6, 6.07) is 0. The second kappa shape index (κ2) is 14.8. The molecule has 0 aromatic rings. The summed E-state index contributed by atoms with van der Waals surface area (Å²) in [5.74, 6) is 6.26. The highest BCUT2D eigenvalue weighted by atomic mass is 79.9. The summed E-state index contributed by atoms with van der Waals surface area (Å²) in [4.78, 5) is 0. The first-order valence-electron chi connectivity index (χ1n) is 6.61. The molecule has 0 nitrogen and oxygen atoms in total. The van der Waals surface area contributed by atoms with Gasteiger partial charge >= 0.3 is 0 Å². The van der Waals surface area contributed by atoms with E-state index in [0.717, 1.165) is 18.2 Å². The van der Waals surface area contributed by atoms with Gasteiger partial charge in [-0.3, -0.25) is 0 Å². The topological polar surface area (TPSA) is 0 Å². The van der Waals surface area contributed by atoms with Crippen molar-refractivity contribution in [3.05, 3.63) is 12.2 Å². The Morgan fingerprint density at radius 1 is 0.938 bits per heavy atom. The van der Waals surface area contributed by atoms with Crippen LogP contribution in [0.4, 0.5) is 0 Å². The lowest BCUT2D eigenvalue weighted by Gasteiger charge is -1.98. The number of halogens is 1. The number of hydrogen-bond acceptors (Lipinski definition) is 0. The van der Waals surface area contributed by atoms with Gasteiger partial charge < -0.3 is 0 Å². The third-order valence-electron chi connectivity index (χ3n) is 2.47. The number of unbranched alkanes of at least 4 members (excludes halogenated alkanes) is 7. The van der Waals surface area contributed by atoms with Crippen molar-refractivity contribution in [2.45, 2.75) is 64.7 Å². The Hall–Kier alpha value is -0.220. The lowest BCUT2D eigenvalue weighted by atomic mass is 10.1. The molecule has 0 aliphatic heterocycles. The van der Waals surface area contributed by atoms with Crippen molar-refractivity contribution in [2.75, 3.05) is 5.33 Å². The Bertz CT molecular complexity index is 207. The van der Waals surface area contributed by atoms with Gasteiger partial charge in [0.1, 0.15) is 0 Å². The van der Waals surface area contributed by atoms with E-state index in [9.17, 15) is 0 Å². The summed E-state index contributed by atoms with van der Waals surface area (Å²) >= 11 is 3.46. The van der Waals surface area contributed by atoms with Crippen LogP contribution in [0.2, 0.25) is 0 Å². The van der Waals surface area contributed by atoms with E-state index in [2.05, 4.69) is 40.8 Å². The lowest BCUT2D eigenvalue weighted by molar-refractivity contribution is 0.596. The number of allylic oxidation sites excluding steroid dienone is 2. The first kappa shape index (κ1) is 15.8. The maximum Gasteiger partial charge on any atom is 0.00922 e. The largest absolute Gasteiger partial charge is 0.0985 e. The molecule has 0 aliphatic carbocycles.